The first-order chi connectivity index (χ1) is 13.1. The Morgan fingerprint density at radius 1 is 0.815 bits per heavy atom. The Hall–Kier alpha value is -2.69. The maximum absolute atomic E-state index is 6.30. The summed E-state index contributed by atoms with van der Waals surface area (Å²) >= 11 is 0. The van der Waals surface area contributed by atoms with E-state index in [0.717, 1.165) is 35.7 Å². The van der Waals surface area contributed by atoms with E-state index in [1.54, 1.807) is 0 Å². The number of hydrogen-bond donors (Lipinski definition) is 1. The summed E-state index contributed by atoms with van der Waals surface area (Å²) in [7, 11) is 0. The van der Waals surface area contributed by atoms with Crippen LogP contribution in [0.1, 0.15) is 44.9 Å². The summed E-state index contributed by atoms with van der Waals surface area (Å²) < 4.78 is 11.1. The summed E-state index contributed by atoms with van der Waals surface area (Å²) in [5.74, 6) is 2.26. The lowest BCUT2D eigenvalue weighted by Crippen LogP contribution is -2.37. The fourth-order valence-corrected chi connectivity index (χ4v) is 2.93. The van der Waals surface area contributed by atoms with Gasteiger partial charge in [0.15, 0.2) is 5.96 Å². The number of aliphatic imine (C=N–C) groups is 1. The van der Waals surface area contributed by atoms with Crippen molar-refractivity contribution in [2.24, 2.45) is 10.7 Å². The van der Waals surface area contributed by atoms with Crippen LogP contribution >= 0.6 is 0 Å². The molecule has 0 aliphatic carbocycles. The summed E-state index contributed by atoms with van der Waals surface area (Å²) in [5, 5.41) is 0. The van der Waals surface area contributed by atoms with Gasteiger partial charge in [0.05, 0.1) is 13.2 Å². The quantitative estimate of drug-likeness (QED) is 0.531. The summed E-state index contributed by atoms with van der Waals surface area (Å²) in [4.78, 5) is 6.90. The van der Waals surface area contributed by atoms with Crippen molar-refractivity contribution in [2.75, 3.05) is 26.3 Å². The van der Waals surface area contributed by atoms with Crippen molar-refractivity contribution in [3.05, 3.63) is 59.7 Å². The maximum Gasteiger partial charge on any atom is 0.192 e. The lowest BCUT2D eigenvalue weighted by atomic mass is 9.99. The van der Waals surface area contributed by atoms with Crippen LogP contribution < -0.4 is 15.2 Å². The minimum Gasteiger partial charge on any atom is -0.494 e. The van der Waals surface area contributed by atoms with E-state index in [1.807, 2.05) is 62.4 Å². The average molecular weight is 370 g/mol. The lowest BCUT2D eigenvalue weighted by molar-refractivity contribution is 0.340. The Morgan fingerprint density at radius 3 is 1.56 bits per heavy atom. The molecule has 0 saturated heterocycles. The molecule has 0 fully saturated rings. The van der Waals surface area contributed by atoms with E-state index in [0.29, 0.717) is 19.2 Å². The lowest BCUT2D eigenvalue weighted by Gasteiger charge is -2.22. The van der Waals surface area contributed by atoms with Crippen molar-refractivity contribution in [2.45, 2.75) is 33.7 Å². The maximum atomic E-state index is 6.30. The molecule has 0 amide bonds. The largest absolute Gasteiger partial charge is 0.494 e. The third-order valence-corrected chi connectivity index (χ3v) is 4.36. The molecule has 0 bridgehead atoms. The van der Waals surface area contributed by atoms with E-state index in [4.69, 9.17) is 20.2 Å². The van der Waals surface area contributed by atoms with Gasteiger partial charge >= 0.3 is 0 Å². The summed E-state index contributed by atoms with van der Waals surface area (Å²) in [6.45, 7) is 11.1. The Balaban J connectivity index is 2.39. The number of guanidine groups is 1. The van der Waals surface area contributed by atoms with Gasteiger partial charge in [0.25, 0.3) is 0 Å². The number of nitrogens with zero attached hydrogens (tertiary/aromatic N) is 2. The first-order valence-corrected chi connectivity index (χ1v) is 9.66. The van der Waals surface area contributed by atoms with Crippen molar-refractivity contribution < 1.29 is 9.47 Å². The van der Waals surface area contributed by atoms with Gasteiger partial charge in [0.1, 0.15) is 17.5 Å². The topological polar surface area (TPSA) is 60.1 Å². The molecule has 2 N–H and O–H groups in total. The van der Waals surface area contributed by atoms with Crippen LogP contribution in [0.5, 0.6) is 11.5 Å². The molecular weight excluding hydrogens is 338 g/mol. The standard InChI is InChI=1S/C22H31N3O2/c1-5-25(6-2)22(23)24-21(17-9-13-19(14-10-17)26-7-3)18-11-15-20(16-12-18)27-8-4/h9-16,21H,5-8H2,1-4H3,(H2,23,24). The van der Waals surface area contributed by atoms with E-state index in [2.05, 4.69) is 18.7 Å². The molecule has 0 radical (unpaired) electrons. The highest BCUT2D eigenvalue weighted by Gasteiger charge is 2.16. The van der Waals surface area contributed by atoms with E-state index in [1.165, 1.54) is 0 Å². The Labute approximate surface area is 162 Å². The van der Waals surface area contributed by atoms with Gasteiger partial charge in [-0.25, -0.2) is 4.99 Å². The SMILES string of the molecule is CCOc1ccc(C(N=C(N)N(CC)CC)c2ccc(OCC)cc2)cc1. The molecule has 2 aromatic rings. The highest BCUT2D eigenvalue weighted by atomic mass is 16.5. The fourth-order valence-electron chi connectivity index (χ4n) is 2.93. The molecule has 146 valence electrons. The van der Waals surface area contributed by atoms with Crippen LogP contribution in [-0.2, 0) is 0 Å². The van der Waals surface area contributed by atoms with Gasteiger partial charge in [-0.1, -0.05) is 24.3 Å². The molecule has 0 aliphatic rings. The van der Waals surface area contributed by atoms with Crippen LogP contribution in [0.15, 0.2) is 53.5 Å². The van der Waals surface area contributed by atoms with E-state index >= 15 is 0 Å². The molecule has 5 nitrogen and oxygen atoms in total. The second-order valence-electron chi connectivity index (χ2n) is 6.07. The fraction of sp³-hybridized carbons (Fsp3) is 0.409. The van der Waals surface area contributed by atoms with Crippen LogP contribution in [-0.4, -0.2) is 37.2 Å². The second kappa shape index (κ2) is 10.5. The van der Waals surface area contributed by atoms with Crippen LogP contribution in [0.25, 0.3) is 0 Å². The molecule has 0 spiro atoms. The molecule has 2 aromatic carbocycles. The minimum atomic E-state index is -0.183. The molecule has 27 heavy (non-hydrogen) atoms. The predicted molar refractivity (Wildman–Crippen MR) is 112 cm³/mol. The smallest absolute Gasteiger partial charge is 0.192 e. The van der Waals surface area contributed by atoms with E-state index in [-0.39, 0.29) is 6.04 Å². The Bertz CT molecular complexity index is 658. The van der Waals surface area contributed by atoms with Crippen molar-refractivity contribution in [1.82, 2.24) is 4.90 Å². The molecule has 0 aliphatic heterocycles. The average Bonchev–Trinajstić information content (AvgIpc) is 2.69. The summed E-state index contributed by atoms with van der Waals surface area (Å²) in [6.07, 6.45) is 0. The number of rotatable bonds is 9. The third kappa shape index (κ3) is 5.64. The summed E-state index contributed by atoms with van der Waals surface area (Å²) in [6, 6.07) is 15.9. The van der Waals surface area contributed by atoms with Gasteiger partial charge in [-0.2, -0.15) is 0 Å². The monoisotopic (exact) mass is 369 g/mol. The number of ether oxygens (including phenoxy) is 2. The molecule has 0 heterocycles. The predicted octanol–water partition coefficient (Wildman–Crippen LogP) is 4.23. The molecule has 2 rings (SSSR count). The van der Waals surface area contributed by atoms with Crippen LogP contribution in [0.3, 0.4) is 0 Å². The minimum absolute atomic E-state index is 0.183. The third-order valence-electron chi connectivity index (χ3n) is 4.36. The van der Waals surface area contributed by atoms with Gasteiger partial charge < -0.3 is 20.1 Å². The zero-order chi connectivity index (χ0) is 19.6. The Kier molecular flexibility index (Phi) is 7.99. The number of nitrogens with two attached hydrogens (primary N) is 1. The first kappa shape index (κ1) is 20.6. The Morgan fingerprint density at radius 2 is 1.22 bits per heavy atom. The number of hydrogen-bond acceptors (Lipinski definition) is 3. The molecule has 0 saturated carbocycles. The van der Waals surface area contributed by atoms with Crippen molar-refractivity contribution >= 4 is 5.96 Å². The van der Waals surface area contributed by atoms with Gasteiger partial charge in [-0.15, -0.1) is 0 Å². The van der Waals surface area contributed by atoms with Gasteiger partial charge in [0, 0.05) is 13.1 Å². The molecular formula is C22H31N3O2. The molecule has 0 aromatic heterocycles. The molecule has 0 atom stereocenters. The normalized spacial score (nSPS) is 11.5. The molecule has 5 heteroatoms. The second-order valence-corrected chi connectivity index (χ2v) is 6.07. The van der Waals surface area contributed by atoms with Crippen LogP contribution in [0, 0.1) is 0 Å². The van der Waals surface area contributed by atoms with Gasteiger partial charge in [0.2, 0.25) is 0 Å². The zero-order valence-corrected chi connectivity index (χ0v) is 16.8. The van der Waals surface area contributed by atoms with Gasteiger partial charge in [-0.05, 0) is 63.1 Å². The molecule has 0 unspecified atom stereocenters. The van der Waals surface area contributed by atoms with Crippen molar-refractivity contribution in [3.63, 3.8) is 0 Å². The van der Waals surface area contributed by atoms with Crippen molar-refractivity contribution in [1.29, 1.82) is 0 Å². The van der Waals surface area contributed by atoms with Crippen LogP contribution in [0.2, 0.25) is 0 Å². The zero-order valence-electron chi connectivity index (χ0n) is 16.8. The van der Waals surface area contributed by atoms with E-state index in [9.17, 15) is 0 Å². The van der Waals surface area contributed by atoms with Crippen molar-refractivity contribution in [3.8, 4) is 11.5 Å². The highest BCUT2D eigenvalue weighted by molar-refractivity contribution is 5.78. The number of benzene rings is 2. The van der Waals surface area contributed by atoms with E-state index < -0.39 is 0 Å². The van der Waals surface area contributed by atoms with Gasteiger partial charge in [-0.3, -0.25) is 0 Å². The summed E-state index contributed by atoms with van der Waals surface area (Å²) in [5.41, 5.74) is 8.43. The highest BCUT2D eigenvalue weighted by Crippen LogP contribution is 2.29. The first-order valence-electron chi connectivity index (χ1n) is 9.66. The van der Waals surface area contributed by atoms with Crippen LogP contribution in [0.4, 0.5) is 0 Å².